The van der Waals surface area contributed by atoms with Crippen LogP contribution in [0.4, 0.5) is 20.3 Å². The van der Waals surface area contributed by atoms with E-state index in [1.807, 2.05) is 0 Å². The normalized spacial score (nSPS) is 11.0. The molecule has 0 aliphatic rings. The number of methoxy groups -OCH3 is 1. The molecule has 4 N–H and O–H groups in total. The van der Waals surface area contributed by atoms with Gasteiger partial charge in [-0.2, -0.15) is 4.39 Å². The van der Waals surface area contributed by atoms with Crippen LogP contribution < -0.4 is 21.1 Å². The van der Waals surface area contributed by atoms with Crippen molar-refractivity contribution in [3.8, 4) is 17.0 Å². The quantitative estimate of drug-likeness (QED) is 0.259. The summed E-state index contributed by atoms with van der Waals surface area (Å²) in [5.74, 6) is -2.19. The highest BCUT2D eigenvalue weighted by Crippen LogP contribution is 2.32. The molecule has 0 aliphatic carbocycles. The standard InChI is InChI=1S/C25H25ClF2N6O2/c1-36-20-8-7-17(21(27)22(20)28)19-14-32-24-23(30-11-12-34(19)24)33-15-5-6-16(18(26)13-15)25(35)31-10-4-2-3-9-29/h5-8,11-14H,2-4,9-10,29H2,1H3,(H,30,33)(H,31,35). The fraction of sp³-hybridized carbons (Fsp3) is 0.240. The lowest BCUT2D eigenvalue weighted by atomic mass is 10.1. The first-order valence-electron chi connectivity index (χ1n) is 11.3. The van der Waals surface area contributed by atoms with Crippen LogP contribution in [0.5, 0.6) is 5.75 Å². The Morgan fingerprint density at radius 1 is 1.14 bits per heavy atom. The van der Waals surface area contributed by atoms with E-state index in [1.54, 1.807) is 28.8 Å². The van der Waals surface area contributed by atoms with E-state index in [4.69, 9.17) is 22.1 Å². The predicted molar refractivity (Wildman–Crippen MR) is 135 cm³/mol. The maximum absolute atomic E-state index is 14.7. The van der Waals surface area contributed by atoms with E-state index >= 15 is 0 Å². The summed E-state index contributed by atoms with van der Waals surface area (Å²) < 4.78 is 35.4. The number of rotatable bonds is 10. The molecule has 0 radical (unpaired) electrons. The summed E-state index contributed by atoms with van der Waals surface area (Å²) in [5.41, 5.74) is 7.16. The van der Waals surface area contributed by atoms with Crippen LogP contribution in [0.25, 0.3) is 16.9 Å². The van der Waals surface area contributed by atoms with Crippen molar-refractivity contribution in [1.82, 2.24) is 19.7 Å². The van der Waals surface area contributed by atoms with Crippen molar-refractivity contribution in [2.75, 3.05) is 25.5 Å². The summed E-state index contributed by atoms with van der Waals surface area (Å²) in [4.78, 5) is 21.1. The number of carbonyl (C=O) groups is 1. The summed E-state index contributed by atoms with van der Waals surface area (Å²) >= 11 is 6.37. The second kappa shape index (κ2) is 11.3. The molecular formula is C25H25ClF2N6O2. The van der Waals surface area contributed by atoms with Gasteiger partial charge in [0.05, 0.1) is 29.6 Å². The van der Waals surface area contributed by atoms with Crippen molar-refractivity contribution in [1.29, 1.82) is 0 Å². The number of nitrogens with one attached hydrogen (secondary N) is 2. The topological polar surface area (TPSA) is 107 Å². The van der Waals surface area contributed by atoms with Gasteiger partial charge in [-0.1, -0.05) is 18.0 Å². The third-order valence-corrected chi connectivity index (χ3v) is 5.93. The molecule has 4 aromatic rings. The molecule has 8 nitrogen and oxygen atoms in total. The average Bonchev–Trinajstić information content (AvgIpc) is 3.30. The van der Waals surface area contributed by atoms with E-state index in [0.717, 1.165) is 19.3 Å². The Morgan fingerprint density at radius 3 is 2.72 bits per heavy atom. The molecule has 0 bridgehead atoms. The van der Waals surface area contributed by atoms with Crippen LogP contribution in [-0.2, 0) is 0 Å². The molecule has 188 valence electrons. The summed E-state index contributed by atoms with van der Waals surface area (Å²) in [7, 11) is 1.27. The zero-order valence-corrected chi connectivity index (χ0v) is 20.3. The number of ether oxygens (including phenoxy) is 1. The lowest BCUT2D eigenvalue weighted by Crippen LogP contribution is -2.24. The van der Waals surface area contributed by atoms with Crippen molar-refractivity contribution >= 4 is 34.7 Å². The Hall–Kier alpha value is -3.76. The molecule has 2 heterocycles. The number of benzene rings is 2. The zero-order valence-electron chi connectivity index (χ0n) is 19.5. The van der Waals surface area contributed by atoms with Crippen molar-refractivity contribution in [2.24, 2.45) is 5.73 Å². The second-order valence-corrected chi connectivity index (χ2v) is 8.39. The summed E-state index contributed by atoms with van der Waals surface area (Å²) in [5, 5.41) is 6.24. The largest absolute Gasteiger partial charge is 0.494 e. The number of amides is 1. The van der Waals surface area contributed by atoms with Gasteiger partial charge in [0.25, 0.3) is 5.91 Å². The van der Waals surface area contributed by atoms with Crippen molar-refractivity contribution in [2.45, 2.75) is 19.3 Å². The third kappa shape index (κ3) is 5.24. The van der Waals surface area contributed by atoms with E-state index in [-0.39, 0.29) is 22.2 Å². The lowest BCUT2D eigenvalue weighted by molar-refractivity contribution is 0.0953. The van der Waals surface area contributed by atoms with Gasteiger partial charge in [0.15, 0.2) is 23.0 Å². The second-order valence-electron chi connectivity index (χ2n) is 7.98. The minimum atomic E-state index is -1.08. The Morgan fingerprint density at radius 2 is 1.97 bits per heavy atom. The molecule has 36 heavy (non-hydrogen) atoms. The number of aromatic nitrogens is 3. The van der Waals surface area contributed by atoms with Gasteiger partial charge in [-0.25, -0.2) is 14.4 Å². The fourth-order valence-electron chi connectivity index (χ4n) is 3.75. The number of anilines is 2. The van der Waals surface area contributed by atoms with Crippen molar-refractivity contribution in [3.63, 3.8) is 0 Å². The Labute approximate surface area is 211 Å². The summed E-state index contributed by atoms with van der Waals surface area (Å²) in [6, 6.07) is 7.71. The molecule has 0 fully saturated rings. The molecule has 0 saturated heterocycles. The van der Waals surface area contributed by atoms with Crippen LogP contribution >= 0.6 is 11.6 Å². The number of imidazole rings is 1. The minimum absolute atomic E-state index is 0.0272. The number of hydrogen-bond donors (Lipinski definition) is 3. The van der Waals surface area contributed by atoms with Gasteiger partial charge in [-0.05, 0) is 49.7 Å². The molecule has 1 amide bonds. The lowest BCUT2D eigenvalue weighted by Gasteiger charge is -2.11. The monoisotopic (exact) mass is 514 g/mol. The first kappa shape index (κ1) is 25.3. The Kier molecular flexibility index (Phi) is 7.97. The van der Waals surface area contributed by atoms with Gasteiger partial charge in [0, 0.05) is 30.2 Å². The van der Waals surface area contributed by atoms with E-state index in [9.17, 15) is 13.6 Å². The Balaban J connectivity index is 1.54. The number of unbranched alkanes of at least 4 members (excludes halogenated alkanes) is 2. The van der Waals surface area contributed by atoms with Crippen LogP contribution in [0.1, 0.15) is 29.6 Å². The fourth-order valence-corrected chi connectivity index (χ4v) is 4.02. The van der Waals surface area contributed by atoms with Crippen LogP contribution in [0.15, 0.2) is 48.9 Å². The summed E-state index contributed by atoms with van der Waals surface area (Å²) in [6.45, 7) is 1.18. The number of halogens is 3. The van der Waals surface area contributed by atoms with Crippen LogP contribution in [0.2, 0.25) is 5.02 Å². The van der Waals surface area contributed by atoms with Gasteiger partial charge < -0.3 is 21.1 Å². The first-order valence-corrected chi connectivity index (χ1v) is 11.7. The Bertz CT molecular complexity index is 1390. The van der Waals surface area contributed by atoms with Crippen molar-refractivity contribution < 1.29 is 18.3 Å². The van der Waals surface area contributed by atoms with Gasteiger partial charge in [-0.3, -0.25) is 9.20 Å². The molecular weight excluding hydrogens is 490 g/mol. The van der Waals surface area contributed by atoms with Crippen molar-refractivity contribution in [3.05, 3.63) is 71.1 Å². The maximum atomic E-state index is 14.7. The van der Waals surface area contributed by atoms with E-state index in [1.165, 1.54) is 31.6 Å². The molecule has 0 saturated carbocycles. The van der Waals surface area contributed by atoms with Gasteiger partial charge in [-0.15, -0.1) is 0 Å². The molecule has 0 aliphatic heterocycles. The molecule has 4 rings (SSSR count). The first-order chi connectivity index (χ1) is 17.4. The number of hydrogen-bond acceptors (Lipinski definition) is 6. The molecule has 0 atom stereocenters. The molecule has 11 heteroatoms. The highest BCUT2D eigenvalue weighted by molar-refractivity contribution is 6.34. The van der Waals surface area contributed by atoms with E-state index in [0.29, 0.717) is 41.5 Å². The summed E-state index contributed by atoms with van der Waals surface area (Å²) in [6.07, 6.45) is 7.24. The predicted octanol–water partition coefficient (Wildman–Crippen LogP) is 4.94. The number of fused-ring (bicyclic) bond motifs is 1. The van der Waals surface area contributed by atoms with Crippen LogP contribution in [0, 0.1) is 11.6 Å². The van der Waals surface area contributed by atoms with Crippen LogP contribution in [0.3, 0.4) is 0 Å². The molecule has 0 spiro atoms. The SMILES string of the molecule is COc1ccc(-c2cnc3c(Nc4ccc(C(=O)NCCCCCN)c(Cl)c4)nccn23)c(F)c1F. The average molecular weight is 515 g/mol. The maximum Gasteiger partial charge on any atom is 0.252 e. The number of nitrogens with two attached hydrogens (primary N) is 1. The molecule has 2 aromatic heterocycles. The van der Waals surface area contributed by atoms with E-state index in [2.05, 4.69) is 20.6 Å². The number of nitrogens with zero attached hydrogens (tertiary/aromatic N) is 3. The molecule has 2 aromatic carbocycles. The van der Waals surface area contributed by atoms with Gasteiger partial charge in [0.1, 0.15) is 0 Å². The third-order valence-electron chi connectivity index (χ3n) is 5.61. The van der Waals surface area contributed by atoms with Gasteiger partial charge in [0.2, 0.25) is 5.82 Å². The zero-order chi connectivity index (χ0) is 25.7. The highest BCUT2D eigenvalue weighted by atomic mass is 35.5. The van der Waals surface area contributed by atoms with E-state index < -0.39 is 11.6 Å². The smallest absolute Gasteiger partial charge is 0.252 e. The van der Waals surface area contributed by atoms with Crippen LogP contribution in [-0.4, -0.2) is 40.5 Å². The van der Waals surface area contributed by atoms with Gasteiger partial charge >= 0.3 is 0 Å². The minimum Gasteiger partial charge on any atom is -0.494 e. The number of carbonyl (C=O) groups excluding carboxylic acids is 1. The highest BCUT2D eigenvalue weighted by Gasteiger charge is 2.19. The molecule has 0 unspecified atom stereocenters.